The Morgan fingerprint density at radius 1 is 1.56 bits per heavy atom. The van der Waals surface area contributed by atoms with Gasteiger partial charge in [-0.15, -0.1) is 0 Å². The maximum Gasteiger partial charge on any atom is 0.308 e. The molecule has 4 heteroatoms. The molecule has 1 fully saturated rings. The minimum atomic E-state index is -0.738. The van der Waals surface area contributed by atoms with Gasteiger partial charge in [-0.1, -0.05) is 12.1 Å². The molecule has 1 aromatic carbocycles. The molecule has 1 aromatic rings. The Morgan fingerprint density at radius 2 is 2.38 bits per heavy atom. The van der Waals surface area contributed by atoms with E-state index in [0.717, 1.165) is 17.9 Å². The summed E-state index contributed by atoms with van der Waals surface area (Å²) in [7, 11) is 1.61. The predicted molar refractivity (Wildman–Crippen MR) is 59.5 cm³/mol. The molecule has 0 amide bonds. The molecule has 86 valence electrons. The zero-order valence-corrected chi connectivity index (χ0v) is 9.14. The Bertz CT molecular complexity index is 392. The van der Waals surface area contributed by atoms with Crippen molar-refractivity contribution in [3.05, 3.63) is 29.8 Å². The minimum absolute atomic E-state index is 0.104. The topological polar surface area (TPSA) is 58.6 Å². The fourth-order valence-electron chi connectivity index (χ4n) is 2.15. The molecule has 1 saturated heterocycles. The summed E-state index contributed by atoms with van der Waals surface area (Å²) in [5.74, 6) is -0.319. The van der Waals surface area contributed by atoms with E-state index in [1.54, 1.807) is 7.11 Å². The average Bonchev–Trinajstić information content (AvgIpc) is 2.78. The average molecular weight is 221 g/mol. The van der Waals surface area contributed by atoms with Gasteiger partial charge in [0.15, 0.2) is 0 Å². The van der Waals surface area contributed by atoms with Gasteiger partial charge >= 0.3 is 5.97 Å². The van der Waals surface area contributed by atoms with Crippen LogP contribution in [0.1, 0.15) is 18.0 Å². The normalized spacial score (nSPS) is 24.3. The third-order valence-corrected chi connectivity index (χ3v) is 2.99. The number of hydrogen-bond donors (Lipinski definition) is 2. The molecule has 0 radical (unpaired) electrons. The Balaban J connectivity index is 2.25. The number of rotatable bonds is 3. The van der Waals surface area contributed by atoms with E-state index in [2.05, 4.69) is 5.32 Å². The van der Waals surface area contributed by atoms with Gasteiger partial charge in [0.25, 0.3) is 0 Å². The first kappa shape index (κ1) is 11.0. The Kier molecular flexibility index (Phi) is 3.10. The summed E-state index contributed by atoms with van der Waals surface area (Å²) in [4.78, 5) is 11.1. The number of carboxylic acids is 1. The number of benzene rings is 1. The van der Waals surface area contributed by atoms with Crippen LogP contribution < -0.4 is 10.1 Å². The molecule has 0 aliphatic carbocycles. The fraction of sp³-hybridized carbons (Fsp3) is 0.417. The van der Waals surface area contributed by atoms with Crippen LogP contribution in [0.15, 0.2) is 24.3 Å². The number of hydrogen-bond acceptors (Lipinski definition) is 3. The van der Waals surface area contributed by atoms with Crippen LogP contribution in [0.2, 0.25) is 0 Å². The lowest BCUT2D eigenvalue weighted by Gasteiger charge is -2.16. The Labute approximate surface area is 94.2 Å². The number of carbonyl (C=O) groups is 1. The first-order valence-corrected chi connectivity index (χ1v) is 5.32. The first-order valence-electron chi connectivity index (χ1n) is 5.32. The summed E-state index contributed by atoms with van der Waals surface area (Å²) in [5, 5.41) is 12.3. The van der Waals surface area contributed by atoms with Gasteiger partial charge in [0.05, 0.1) is 13.0 Å². The van der Waals surface area contributed by atoms with Crippen LogP contribution in [0, 0.1) is 5.92 Å². The number of methoxy groups -OCH3 is 1. The zero-order valence-electron chi connectivity index (χ0n) is 9.14. The van der Waals surface area contributed by atoms with Gasteiger partial charge < -0.3 is 15.2 Å². The summed E-state index contributed by atoms with van der Waals surface area (Å²) in [5.41, 5.74) is 0.976. The molecular weight excluding hydrogens is 206 g/mol. The lowest BCUT2D eigenvalue weighted by molar-refractivity contribution is -0.142. The number of aliphatic carboxylic acids is 1. The van der Waals surface area contributed by atoms with Crippen molar-refractivity contribution in [2.24, 2.45) is 5.92 Å². The Morgan fingerprint density at radius 3 is 3.06 bits per heavy atom. The number of ether oxygens (including phenoxy) is 1. The SMILES string of the molecule is COc1cccc([C@H]2NCC[C@@H]2C(=O)O)c1. The van der Waals surface area contributed by atoms with Gasteiger partial charge in [-0.3, -0.25) is 4.79 Å². The Hall–Kier alpha value is -1.55. The highest BCUT2D eigenvalue weighted by Crippen LogP contribution is 2.31. The van der Waals surface area contributed by atoms with Gasteiger partial charge in [0.1, 0.15) is 5.75 Å². The second-order valence-corrected chi connectivity index (χ2v) is 3.94. The van der Waals surface area contributed by atoms with Gasteiger partial charge in [0.2, 0.25) is 0 Å². The van der Waals surface area contributed by atoms with Crippen molar-refractivity contribution < 1.29 is 14.6 Å². The summed E-state index contributed by atoms with van der Waals surface area (Å²) in [6, 6.07) is 7.45. The third kappa shape index (κ3) is 2.02. The van der Waals surface area contributed by atoms with Crippen LogP contribution in [0.4, 0.5) is 0 Å². The van der Waals surface area contributed by atoms with Crippen molar-refractivity contribution in [1.29, 1.82) is 0 Å². The molecule has 0 spiro atoms. The molecule has 0 bridgehead atoms. The zero-order chi connectivity index (χ0) is 11.5. The van der Waals surface area contributed by atoms with Crippen molar-refractivity contribution in [3.63, 3.8) is 0 Å². The van der Waals surface area contributed by atoms with E-state index >= 15 is 0 Å². The molecule has 1 heterocycles. The maximum atomic E-state index is 11.1. The van der Waals surface area contributed by atoms with Gasteiger partial charge in [-0.05, 0) is 30.7 Å². The minimum Gasteiger partial charge on any atom is -0.497 e. The second kappa shape index (κ2) is 4.53. The molecule has 1 aliphatic rings. The van der Waals surface area contributed by atoms with Crippen molar-refractivity contribution in [2.45, 2.75) is 12.5 Å². The summed E-state index contributed by atoms with van der Waals surface area (Å²) >= 11 is 0. The van der Waals surface area contributed by atoms with Gasteiger partial charge in [0, 0.05) is 6.04 Å². The van der Waals surface area contributed by atoms with E-state index in [0.29, 0.717) is 6.42 Å². The molecular formula is C12H15NO3. The van der Waals surface area contributed by atoms with E-state index in [1.165, 1.54) is 0 Å². The largest absolute Gasteiger partial charge is 0.497 e. The highest BCUT2D eigenvalue weighted by atomic mass is 16.5. The molecule has 1 aliphatic heterocycles. The smallest absolute Gasteiger partial charge is 0.308 e. The highest BCUT2D eigenvalue weighted by Gasteiger charge is 2.33. The molecule has 16 heavy (non-hydrogen) atoms. The van der Waals surface area contributed by atoms with Gasteiger partial charge in [-0.25, -0.2) is 0 Å². The lowest BCUT2D eigenvalue weighted by Crippen LogP contribution is -2.23. The maximum absolute atomic E-state index is 11.1. The predicted octanol–water partition coefficient (Wildman–Crippen LogP) is 1.43. The monoisotopic (exact) mass is 221 g/mol. The van der Waals surface area contributed by atoms with Crippen molar-refractivity contribution in [1.82, 2.24) is 5.32 Å². The van der Waals surface area contributed by atoms with E-state index in [-0.39, 0.29) is 12.0 Å². The highest BCUT2D eigenvalue weighted by molar-refractivity contribution is 5.71. The molecule has 4 nitrogen and oxygen atoms in total. The molecule has 0 aromatic heterocycles. The summed E-state index contributed by atoms with van der Waals surface area (Å²) in [6.07, 6.45) is 0.678. The number of nitrogens with one attached hydrogen (secondary N) is 1. The van der Waals surface area contributed by atoms with Crippen LogP contribution >= 0.6 is 0 Å². The standard InChI is InChI=1S/C12H15NO3/c1-16-9-4-2-3-8(7-9)11-10(12(14)15)5-6-13-11/h2-4,7,10-11,13H,5-6H2,1H3,(H,14,15)/t10-,11+/m0/s1. The summed E-state index contributed by atoms with van der Waals surface area (Å²) < 4.78 is 5.13. The van der Waals surface area contributed by atoms with Crippen LogP contribution in [0.5, 0.6) is 5.75 Å². The van der Waals surface area contributed by atoms with Crippen LogP contribution in [0.25, 0.3) is 0 Å². The van der Waals surface area contributed by atoms with Crippen LogP contribution in [-0.4, -0.2) is 24.7 Å². The van der Waals surface area contributed by atoms with E-state index in [1.807, 2.05) is 24.3 Å². The molecule has 2 atom stereocenters. The van der Waals surface area contributed by atoms with E-state index < -0.39 is 5.97 Å². The van der Waals surface area contributed by atoms with Crippen molar-refractivity contribution in [3.8, 4) is 5.75 Å². The molecule has 0 unspecified atom stereocenters. The molecule has 2 N–H and O–H groups in total. The van der Waals surface area contributed by atoms with Crippen LogP contribution in [0.3, 0.4) is 0 Å². The third-order valence-electron chi connectivity index (χ3n) is 2.99. The summed E-state index contributed by atoms with van der Waals surface area (Å²) in [6.45, 7) is 0.749. The fourth-order valence-corrected chi connectivity index (χ4v) is 2.15. The second-order valence-electron chi connectivity index (χ2n) is 3.94. The molecule has 2 rings (SSSR count). The number of carboxylic acid groups (broad SMARTS) is 1. The van der Waals surface area contributed by atoms with Crippen LogP contribution in [-0.2, 0) is 4.79 Å². The van der Waals surface area contributed by atoms with Gasteiger partial charge in [-0.2, -0.15) is 0 Å². The molecule has 0 saturated carbocycles. The van der Waals surface area contributed by atoms with Crippen molar-refractivity contribution in [2.75, 3.05) is 13.7 Å². The van der Waals surface area contributed by atoms with Crippen molar-refractivity contribution >= 4 is 5.97 Å². The first-order chi connectivity index (χ1) is 7.72. The van der Waals surface area contributed by atoms with E-state index in [9.17, 15) is 4.79 Å². The van der Waals surface area contributed by atoms with E-state index in [4.69, 9.17) is 9.84 Å². The lowest BCUT2D eigenvalue weighted by atomic mass is 9.94. The quantitative estimate of drug-likeness (QED) is 0.810.